The van der Waals surface area contributed by atoms with Gasteiger partial charge in [-0.1, -0.05) is 25.1 Å². The maximum absolute atomic E-state index is 8.76. The molecule has 0 aliphatic rings. The molecular formula is C13H12N4. The third kappa shape index (κ3) is 2.58. The van der Waals surface area contributed by atoms with Gasteiger partial charge < -0.3 is 5.32 Å². The van der Waals surface area contributed by atoms with Gasteiger partial charge in [-0.25, -0.2) is 9.97 Å². The van der Waals surface area contributed by atoms with Gasteiger partial charge in [0.2, 0.25) is 0 Å². The van der Waals surface area contributed by atoms with E-state index in [0.717, 1.165) is 12.1 Å². The zero-order valence-electron chi connectivity index (χ0n) is 9.51. The summed E-state index contributed by atoms with van der Waals surface area (Å²) in [6, 6.07) is 11.7. The van der Waals surface area contributed by atoms with E-state index in [4.69, 9.17) is 5.26 Å². The smallest absolute Gasteiger partial charge is 0.145 e. The minimum absolute atomic E-state index is 0.358. The van der Waals surface area contributed by atoms with E-state index in [1.54, 1.807) is 6.07 Å². The van der Waals surface area contributed by atoms with E-state index in [0.29, 0.717) is 11.5 Å². The van der Waals surface area contributed by atoms with Gasteiger partial charge in [-0.15, -0.1) is 0 Å². The molecule has 2 rings (SSSR count). The van der Waals surface area contributed by atoms with Crippen LogP contribution in [0.5, 0.6) is 0 Å². The Balaban J connectivity index is 2.28. The summed E-state index contributed by atoms with van der Waals surface area (Å²) in [5, 5.41) is 12.0. The third-order valence-corrected chi connectivity index (χ3v) is 2.44. The molecule has 2 aromatic rings. The topological polar surface area (TPSA) is 61.6 Å². The quantitative estimate of drug-likeness (QED) is 0.870. The fraction of sp³-hybridized carbons (Fsp3) is 0.154. The average Bonchev–Trinajstić information content (AvgIpc) is 2.39. The SMILES string of the molecule is CCc1ccccc1Nc1cc(C#N)ncn1. The Hall–Kier alpha value is -2.41. The molecule has 0 bridgehead atoms. The number of aryl methyl sites for hydroxylation is 1. The maximum Gasteiger partial charge on any atom is 0.145 e. The van der Waals surface area contributed by atoms with Crippen molar-refractivity contribution in [1.82, 2.24) is 9.97 Å². The zero-order chi connectivity index (χ0) is 12.1. The zero-order valence-corrected chi connectivity index (χ0v) is 9.51. The fourth-order valence-electron chi connectivity index (χ4n) is 1.58. The Morgan fingerprint density at radius 3 is 2.88 bits per heavy atom. The molecule has 0 aliphatic heterocycles. The van der Waals surface area contributed by atoms with Gasteiger partial charge in [0.25, 0.3) is 0 Å². The van der Waals surface area contributed by atoms with Gasteiger partial charge in [-0.05, 0) is 18.1 Å². The van der Waals surface area contributed by atoms with E-state index < -0.39 is 0 Å². The Kier molecular flexibility index (Phi) is 3.31. The second-order valence-electron chi connectivity index (χ2n) is 3.54. The van der Waals surface area contributed by atoms with Crippen LogP contribution in [0.2, 0.25) is 0 Å². The lowest BCUT2D eigenvalue weighted by atomic mass is 10.1. The predicted molar refractivity (Wildman–Crippen MR) is 65.8 cm³/mol. The lowest BCUT2D eigenvalue weighted by Crippen LogP contribution is -1.98. The van der Waals surface area contributed by atoms with Crippen molar-refractivity contribution in [2.24, 2.45) is 0 Å². The molecular weight excluding hydrogens is 212 g/mol. The number of nitriles is 1. The van der Waals surface area contributed by atoms with Crippen molar-refractivity contribution in [3.8, 4) is 6.07 Å². The first kappa shape index (κ1) is 11.1. The Bertz CT molecular complexity index is 557. The molecule has 0 saturated carbocycles. The number of benzene rings is 1. The van der Waals surface area contributed by atoms with E-state index in [-0.39, 0.29) is 0 Å². The molecule has 1 aromatic carbocycles. The second kappa shape index (κ2) is 5.08. The molecule has 0 spiro atoms. The molecule has 84 valence electrons. The standard InChI is InChI=1S/C13H12N4/c1-2-10-5-3-4-6-12(10)17-13-7-11(8-14)15-9-16-13/h3-7,9H,2H2,1H3,(H,15,16,17). The first-order valence-corrected chi connectivity index (χ1v) is 5.40. The molecule has 0 fully saturated rings. The van der Waals surface area contributed by atoms with Gasteiger partial charge in [-0.3, -0.25) is 0 Å². The first-order chi connectivity index (χ1) is 8.33. The number of aromatic nitrogens is 2. The summed E-state index contributed by atoms with van der Waals surface area (Å²) in [6.45, 7) is 2.10. The van der Waals surface area contributed by atoms with Crippen LogP contribution in [0.4, 0.5) is 11.5 Å². The van der Waals surface area contributed by atoms with Crippen molar-refractivity contribution in [1.29, 1.82) is 5.26 Å². The minimum Gasteiger partial charge on any atom is -0.340 e. The molecule has 1 aromatic heterocycles. The molecule has 0 aliphatic carbocycles. The van der Waals surface area contributed by atoms with Gasteiger partial charge in [-0.2, -0.15) is 5.26 Å². The summed E-state index contributed by atoms with van der Waals surface area (Å²) in [6.07, 6.45) is 2.33. The lowest BCUT2D eigenvalue weighted by Gasteiger charge is -2.09. The maximum atomic E-state index is 8.76. The first-order valence-electron chi connectivity index (χ1n) is 5.40. The normalized spacial score (nSPS) is 9.65. The Morgan fingerprint density at radius 1 is 1.29 bits per heavy atom. The van der Waals surface area contributed by atoms with Crippen molar-refractivity contribution in [2.75, 3.05) is 5.32 Å². The Labute approximate surface area is 100.0 Å². The average molecular weight is 224 g/mol. The summed E-state index contributed by atoms with van der Waals surface area (Å²) < 4.78 is 0. The van der Waals surface area contributed by atoms with Crippen LogP contribution in [0.3, 0.4) is 0 Å². The summed E-state index contributed by atoms with van der Waals surface area (Å²) in [5.74, 6) is 0.637. The molecule has 0 amide bonds. The van der Waals surface area contributed by atoms with Crippen molar-refractivity contribution in [3.63, 3.8) is 0 Å². The number of hydrogen-bond acceptors (Lipinski definition) is 4. The molecule has 1 N–H and O–H groups in total. The van der Waals surface area contributed by atoms with E-state index in [2.05, 4.69) is 28.3 Å². The van der Waals surface area contributed by atoms with Crippen LogP contribution in [0.15, 0.2) is 36.7 Å². The number of para-hydroxylation sites is 1. The van der Waals surface area contributed by atoms with Crippen molar-refractivity contribution < 1.29 is 0 Å². The van der Waals surface area contributed by atoms with Gasteiger partial charge in [0.1, 0.15) is 23.9 Å². The van der Waals surface area contributed by atoms with E-state index in [1.807, 2.05) is 24.3 Å². The van der Waals surface area contributed by atoms with Gasteiger partial charge in [0.15, 0.2) is 0 Å². The van der Waals surface area contributed by atoms with Crippen LogP contribution < -0.4 is 5.32 Å². The molecule has 0 radical (unpaired) electrons. The second-order valence-corrected chi connectivity index (χ2v) is 3.54. The number of rotatable bonds is 3. The van der Waals surface area contributed by atoms with Crippen LogP contribution in [0.1, 0.15) is 18.2 Å². The molecule has 4 nitrogen and oxygen atoms in total. The fourth-order valence-corrected chi connectivity index (χ4v) is 1.58. The van der Waals surface area contributed by atoms with Crippen LogP contribution in [-0.2, 0) is 6.42 Å². The monoisotopic (exact) mass is 224 g/mol. The van der Waals surface area contributed by atoms with Crippen LogP contribution >= 0.6 is 0 Å². The largest absolute Gasteiger partial charge is 0.340 e. The number of anilines is 2. The van der Waals surface area contributed by atoms with E-state index in [9.17, 15) is 0 Å². The molecule has 0 saturated heterocycles. The van der Waals surface area contributed by atoms with Crippen LogP contribution in [0.25, 0.3) is 0 Å². The summed E-state index contributed by atoms with van der Waals surface area (Å²) in [4.78, 5) is 7.91. The number of nitrogens with one attached hydrogen (secondary N) is 1. The van der Waals surface area contributed by atoms with Gasteiger partial charge in [0, 0.05) is 11.8 Å². The van der Waals surface area contributed by atoms with E-state index >= 15 is 0 Å². The molecule has 4 heteroatoms. The molecule has 0 unspecified atom stereocenters. The Morgan fingerprint density at radius 2 is 2.12 bits per heavy atom. The highest BCUT2D eigenvalue weighted by molar-refractivity contribution is 5.60. The summed E-state index contributed by atoms with van der Waals surface area (Å²) in [5.41, 5.74) is 2.58. The van der Waals surface area contributed by atoms with Crippen molar-refractivity contribution in [3.05, 3.63) is 47.9 Å². The van der Waals surface area contributed by atoms with Crippen LogP contribution in [0, 0.1) is 11.3 Å². The van der Waals surface area contributed by atoms with Crippen LogP contribution in [-0.4, -0.2) is 9.97 Å². The summed E-state index contributed by atoms with van der Waals surface area (Å²) in [7, 11) is 0. The third-order valence-electron chi connectivity index (χ3n) is 2.44. The van der Waals surface area contributed by atoms with Crippen molar-refractivity contribution in [2.45, 2.75) is 13.3 Å². The van der Waals surface area contributed by atoms with E-state index in [1.165, 1.54) is 11.9 Å². The highest BCUT2D eigenvalue weighted by atomic mass is 15.0. The number of nitrogens with zero attached hydrogens (tertiary/aromatic N) is 3. The predicted octanol–water partition coefficient (Wildman–Crippen LogP) is 2.65. The van der Waals surface area contributed by atoms with Gasteiger partial charge in [0.05, 0.1) is 0 Å². The number of hydrogen-bond donors (Lipinski definition) is 1. The minimum atomic E-state index is 0.358. The molecule has 0 atom stereocenters. The lowest BCUT2D eigenvalue weighted by molar-refractivity contribution is 1.12. The highest BCUT2D eigenvalue weighted by Gasteiger charge is 2.02. The highest BCUT2D eigenvalue weighted by Crippen LogP contribution is 2.19. The molecule has 1 heterocycles. The van der Waals surface area contributed by atoms with Crippen molar-refractivity contribution >= 4 is 11.5 Å². The van der Waals surface area contributed by atoms with Gasteiger partial charge >= 0.3 is 0 Å². The summed E-state index contributed by atoms with van der Waals surface area (Å²) >= 11 is 0. The molecule has 17 heavy (non-hydrogen) atoms.